The highest BCUT2D eigenvalue weighted by molar-refractivity contribution is 7.12. The van der Waals surface area contributed by atoms with Gasteiger partial charge in [0.1, 0.15) is 0 Å². The first-order valence-corrected chi connectivity index (χ1v) is 12.3. The molecule has 5 rings (SSSR count). The van der Waals surface area contributed by atoms with E-state index in [1.807, 2.05) is 6.20 Å². The lowest BCUT2D eigenvalue weighted by molar-refractivity contribution is 0.0171. The van der Waals surface area contributed by atoms with Crippen LogP contribution in [0, 0.1) is 5.92 Å². The van der Waals surface area contributed by atoms with Gasteiger partial charge in [-0.2, -0.15) is 0 Å². The van der Waals surface area contributed by atoms with Crippen LogP contribution in [0.2, 0.25) is 0 Å². The lowest BCUT2D eigenvalue weighted by Crippen LogP contribution is -2.53. The molecule has 0 radical (unpaired) electrons. The topological polar surface area (TPSA) is 24.3 Å². The minimum Gasteiger partial charge on any atom is -0.303 e. The summed E-state index contributed by atoms with van der Waals surface area (Å²) in [6.07, 6.45) is 10.6. The Bertz CT molecular complexity index is 904. The Morgan fingerprint density at radius 3 is 2.83 bits per heavy atom. The quantitative estimate of drug-likeness (QED) is 0.546. The van der Waals surface area contributed by atoms with Crippen molar-refractivity contribution in [1.82, 2.24) is 19.4 Å². The molecule has 2 saturated heterocycles. The molecular weight excluding hydrogens is 388 g/mol. The summed E-state index contributed by atoms with van der Waals surface area (Å²) in [5.41, 5.74) is 2.84. The second-order valence-electron chi connectivity index (χ2n) is 8.80. The number of rotatable bonds is 7. The second-order valence-corrected chi connectivity index (χ2v) is 9.68. The molecule has 0 amide bonds. The van der Waals surface area contributed by atoms with Crippen LogP contribution in [0.3, 0.4) is 0 Å². The number of benzene rings is 1. The van der Waals surface area contributed by atoms with Gasteiger partial charge in [-0.25, -0.2) is 4.98 Å². The zero-order valence-corrected chi connectivity index (χ0v) is 18.5. The van der Waals surface area contributed by atoms with Gasteiger partial charge in [0.25, 0.3) is 0 Å². The smallest absolute Gasteiger partial charge is 0.193 e. The van der Waals surface area contributed by atoms with Crippen LogP contribution in [0.4, 0.5) is 0 Å². The van der Waals surface area contributed by atoms with E-state index >= 15 is 0 Å². The first kappa shape index (κ1) is 20.0. The van der Waals surface area contributed by atoms with Crippen molar-refractivity contribution in [2.45, 2.75) is 44.7 Å². The summed E-state index contributed by atoms with van der Waals surface area (Å²) >= 11 is 1.71. The van der Waals surface area contributed by atoms with E-state index in [1.54, 1.807) is 11.3 Å². The summed E-state index contributed by atoms with van der Waals surface area (Å²) in [6, 6.07) is 16.1. The molecule has 2 fully saturated rings. The van der Waals surface area contributed by atoms with E-state index in [-0.39, 0.29) is 0 Å². The molecule has 0 bridgehead atoms. The third-order valence-corrected chi connectivity index (χ3v) is 7.64. The zero-order valence-electron chi connectivity index (χ0n) is 17.7. The van der Waals surface area contributed by atoms with E-state index in [4.69, 9.17) is 0 Å². The third-order valence-electron chi connectivity index (χ3n) is 6.87. The summed E-state index contributed by atoms with van der Waals surface area (Å²) < 4.78 is 2.27. The molecule has 4 heterocycles. The van der Waals surface area contributed by atoms with Crippen molar-refractivity contribution in [3.05, 3.63) is 71.5 Å². The second kappa shape index (κ2) is 9.46. The highest BCUT2D eigenvalue weighted by atomic mass is 32.1. The molecule has 2 aliphatic heterocycles. The molecule has 158 valence electrons. The Kier molecular flexibility index (Phi) is 6.30. The summed E-state index contributed by atoms with van der Waals surface area (Å²) in [5.74, 6) is 0.826. The minimum absolute atomic E-state index is 0.740. The lowest BCUT2D eigenvalue weighted by Gasteiger charge is -2.47. The van der Waals surface area contributed by atoms with Crippen LogP contribution in [-0.2, 0) is 13.0 Å². The molecule has 2 atom stereocenters. The molecule has 0 saturated carbocycles. The minimum atomic E-state index is 0.740. The number of nitrogens with zero attached hydrogens (tertiary/aromatic N) is 4. The molecule has 3 aromatic rings. The van der Waals surface area contributed by atoms with E-state index in [0.29, 0.717) is 0 Å². The van der Waals surface area contributed by atoms with Crippen molar-refractivity contribution < 1.29 is 0 Å². The number of aryl methyl sites for hydroxylation is 1. The van der Waals surface area contributed by atoms with Crippen molar-refractivity contribution in [1.29, 1.82) is 0 Å². The van der Waals surface area contributed by atoms with E-state index < -0.39 is 0 Å². The molecular formula is C25H32N4S. The summed E-state index contributed by atoms with van der Waals surface area (Å²) in [5, 5.41) is 3.14. The fraction of sp³-hybridized carbons (Fsp3) is 0.480. The lowest BCUT2D eigenvalue weighted by atomic mass is 9.83. The Balaban J connectivity index is 1.17. The number of likely N-dealkylation sites (tertiary alicyclic amines) is 2. The average molecular weight is 421 g/mol. The van der Waals surface area contributed by atoms with E-state index in [2.05, 4.69) is 73.4 Å². The van der Waals surface area contributed by atoms with Crippen LogP contribution in [0.15, 0.2) is 60.2 Å². The van der Waals surface area contributed by atoms with Gasteiger partial charge in [0.15, 0.2) is 5.13 Å². The van der Waals surface area contributed by atoms with Crippen LogP contribution in [0.25, 0.3) is 5.13 Å². The van der Waals surface area contributed by atoms with Gasteiger partial charge in [-0.3, -0.25) is 9.47 Å². The average Bonchev–Trinajstić information content (AvgIpc) is 3.46. The van der Waals surface area contributed by atoms with Gasteiger partial charge >= 0.3 is 0 Å². The van der Waals surface area contributed by atoms with Crippen molar-refractivity contribution >= 4 is 11.3 Å². The Labute approximate surface area is 184 Å². The number of fused-ring (bicyclic) bond motifs is 1. The zero-order chi connectivity index (χ0) is 20.2. The van der Waals surface area contributed by atoms with Gasteiger partial charge < -0.3 is 4.90 Å². The Hall–Kier alpha value is -1.95. The molecule has 2 aromatic heterocycles. The fourth-order valence-corrected chi connectivity index (χ4v) is 6.06. The molecule has 0 N–H and O–H groups in total. The monoisotopic (exact) mass is 420 g/mol. The maximum atomic E-state index is 4.51. The number of hydrogen-bond donors (Lipinski definition) is 0. The third kappa shape index (κ3) is 4.53. The van der Waals surface area contributed by atoms with Crippen LogP contribution < -0.4 is 0 Å². The Morgan fingerprint density at radius 2 is 1.97 bits per heavy atom. The molecule has 1 aromatic carbocycles. The molecule has 2 aliphatic rings. The summed E-state index contributed by atoms with van der Waals surface area (Å²) in [7, 11) is 0. The molecule has 5 heteroatoms. The molecule has 4 nitrogen and oxygen atoms in total. The van der Waals surface area contributed by atoms with Gasteiger partial charge in [-0.1, -0.05) is 30.3 Å². The number of piperidine rings is 2. The van der Waals surface area contributed by atoms with Crippen molar-refractivity contribution in [2.24, 2.45) is 5.92 Å². The van der Waals surface area contributed by atoms with Crippen LogP contribution in [0.1, 0.15) is 36.9 Å². The van der Waals surface area contributed by atoms with Crippen molar-refractivity contribution in [3.8, 4) is 5.13 Å². The predicted octanol–water partition coefficient (Wildman–Crippen LogP) is 4.85. The van der Waals surface area contributed by atoms with Crippen molar-refractivity contribution in [3.63, 3.8) is 0 Å². The maximum Gasteiger partial charge on any atom is 0.193 e. The predicted molar refractivity (Wildman–Crippen MR) is 124 cm³/mol. The fourth-order valence-electron chi connectivity index (χ4n) is 5.41. The molecule has 30 heavy (non-hydrogen) atoms. The van der Waals surface area contributed by atoms with E-state index in [1.165, 1.54) is 69.5 Å². The summed E-state index contributed by atoms with van der Waals surface area (Å²) in [4.78, 5) is 10.00. The summed E-state index contributed by atoms with van der Waals surface area (Å²) in [6.45, 7) is 6.05. The van der Waals surface area contributed by atoms with E-state index in [0.717, 1.165) is 23.6 Å². The highest BCUT2D eigenvalue weighted by Crippen LogP contribution is 2.32. The molecule has 0 unspecified atom stereocenters. The van der Waals surface area contributed by atoms with Gasteiger partial charge in [-0.15, -0.1) is 11.3 Å². The van der Waals surface area contributed by atoms with Crippen molar-refractivity contribution in [2.75, 3.05) is 26.2 Å². The normalized spacial score (nSPS) is 22.8. The van der Waals surface area contributed by atoms with E-state index in [9.17, 15) is 0 Å². The standard InChI is InChI=1S/C25H32N4S/c1-2-7-21(8-3-1)9-4-14-27-17-12-24-22(19-27)10-5-15-28(24)20-23-11-6-16-29(23)25-26-13-18-30-25/h1-3,6-8,11,13,16,18,22,24H,4-5,9-10,12,14-15,17,19-20H2/t22-,24+/m1/s1. The Morgan fingerprint density at radius 1 is 1.03 bits per heavy atom. The first-order chi connectivity index (χ1) is 14.9. The van der Waals surface area contributed by atoms with Crippen LogP contribution in [0.5, 0.6) is 0 Å². The first-order valence-electron chi connectivity index (χ1n) is 11.4. The van der Waals surface area contributed by atoms with Crippen LogP contribution in [-0.4, -0.2) is 51.6 Å². The molecule has 0 aliphatic carbocycles. The number of aromatic nitrogens is 2. The van der Waals surface area contributed by atoms with Gasteiger partial charge in [-0.05, 0) is 75.4 Å². The number of hydrogen-bond acceptors (Lipinski definition) is 4. The maximum absolute atomic E-state index is 4.51. The van der Waals surface area contributed by atoms with Gasteiger partial charge in [0, 0.05) is 42.6 Å². The SMILES string of the molecule is c1ccc(CCCN2CC[C@H]3[C@H](CCCN3Cc3cccn3-c3nccs3)C2)cc1. The number of thiazole rings is 1. The van der Waals surface area contributed by atoms with Gasteiger partial charge in [0.05, 0.1) is 0 Å². The van der Waals surface area contributed by atoms with Gasteiger partial charge in [0.2, 0.25) is 0 Å². The van der Waals surface area contributed by atoms with Crippen LogP contribution >= 0.6 is 11.3 Å². The molecule has 0 spiro atoms. The highest BCUT2D eigenvalue weighted by Gasteiger charge is 2.35. The largest absolute Gasteiger partial charge is 0.303 e.